The summed E-state index contributed by atoms with van der Waals surface area (Å²) in [7, 11) is 3.70. The van der Waals surface area contributed by atoms with Crippen molar-refractivity contribution < 1.29 is 23.8 Å². The molecule has 2 bridgehead atoms. The minimum Gasteiger partial charge on any atom is -0.496 e. The molecule has 2 saturated heterocycles. The zero-order chi connectivity index (χ0) is 22.3. The van der Waals surface area contributed by atoms with E-state index in [1.165, 1.54) is 13.8 Å². The molecule has 3 heterocycles. The molecule has 6 atom stereocenters. The van der Waals surface area contributed by atoms with E-state index in [1.807, 2.05) is 12.1 Å². The van der Waals surface area contributed by atoms with Crippen molar-refractivity contribution >= 4 is 11.9 Å². The van der Waals surface area contributed by atoms with Gasteiger partial charge in [0.1, 0.15) is 18.4 Å². The van der Waals surface area contributed by atoms with Gasteiger partial charge in [-0.3, -0.25) is 19.4 Å². The third kappa shape index (κ3) is 3.66. The highest BCUT2D eigenvalue weighted by molar-refractivity contribution is 5.66. The Labute approximate surface area is 182 Å². The maximum atomic E-state index is 11.7. The lowest BCUT2D eigenvalue weighted by atomic mass is 9.80. The van der Waals surface area contributed by atoms with E-state index in [0.29, 0.717) is 6.61 Å². The molecular formula is C23H29N3O5. The Hall–Kier alpha value is -2.63. The number of likely N-dealkylation sites (N-methyl/N-ethyl adjacent to an activating group) is 1. The van der Waals surface area contributed by atoms with E-state index in [4.69, 9.17) is 14.2 Å². The van der Waals surface area contributed by atoms with Gasteiger partial charge in [0.15, 0.2) is 0 Å². The first kappa shape index (κ1) is 21.6. The van der Waals surface area contributed by atoms with Crippen molar-refractivity contribution in [3.63, 3.8) is 0 Å². The smallest absolute Gasteiger partial charge is 0.302 e. The van der Waals surface area contributed by atoms with Crippen molar-refractivity contribution in [3.05, 3.63) is 29.3 Å². The first-order valence-corrected chi connectivity index (χ1v) is 10.7. The molecule has 3 aliphatic heterocycles. The Morgan fingerprint density at radius 3 is 2.52 bits per heavy atom. The number of esters is 2. The number of fused-ring (bicyclic) bond motifs is 5. The summed E-state index contributed by atoms with van der Waals surface area (Å²) in [4.78, 5) is 27.6. The van der Waals surface area contributed by atoms with Crippen LogP contribution in [-0.2, 0) is 25.5 Å². The third-order valence-electron chi connectivity index (χ3n) is 7.06. The fourth-order valence-electron chi connectivity index (χ4n) is 5.95. The predicted octanol–water partition coefficient (Wildman–Crippen LogP) is 1.68. The number of hydrogen-bond donors (Lipinski definition) is 0. The van der Waals surface area contributed by atoms with Crippen molar-refractivity contribution in [3.8, 4) is 11.8 Å². The molecule has 4 rings (SSSR count). The van der Waals surface area contributed by atoms with Crippen molar-refractivity contribution in [2.75, 3.05) is 27.4 Å². The van der Waals surface area contributed by atoms with E-state index < -0.39 is 0 Å². The molecule has 8 nitrogen and oxygen atoms in total. The van der Waals surface area contributed by atoms with Crippen LogP contribution in [0.5, 0.6) is 5.75 Å². The number of nitrogens with zero attached hydrogens (tertiary/aromatic N) is 3. The van der Waals surface area contributed by atoms with Crippen LogP contribution in [0.2, 0.25) is 0 Å². The fourth-order valence-corrected chi connectivity index (χ4v) is 5.95. The van der Waals surface area contributed by atoms with Gasteiger partial charge in [-0.1, -0.05) is 12.1 Å². The monoisotopic (exact) mass is 427 g/mol. The number of nitriles is 1. The SMILES string of the molecule is COc1cccc2c1[C@H](COC(C)=O)N1[C@@H](C#N)[C@@H]3C[C@@H](COC(C)=O)[C@H]([C@@H]1C2)N3C. The molecule has 166 valence electrons. The number of ether oxygens (including phenoxy) is 3. The molecule has 0 amide bonds. The van der Waals surface area contributed by atoms with Crippen LogP contribution in [0.3, 0.4) is 0 Å². The van der Waals surface area contributed by atoms with Crippen LogP contribution in [0.1, 0.15) is 37.4 Å². The van der Waals surface area contributed by atoms with Crippen LogP contribution >= 0.6 is 0 Å². The van der Waals surface area contributed by atoms with Gasteiger partial charge in [0.2, 0.25) is 0 Å². The minimum atomic E-state index is -0.368. The Morgan fingerprint density at radius 1 is 1.16 bits per heavy atom. The number of carbonyl (C=O) groups is 2. The summed E-state index contributed by atoms with van der Waals surface area (Å²) >= 11 is 0. The first-order valence-electron chi connectivity index (χ1n) is 10.7. The summed E-state index contributed by atoms with van der Waals surface area (Å²) < 4.78 is 16.5. The molecule has 1 aromatic rings. The zero-order valence-corrected chi connectivity index (χ0v) is 18.4. The molecule has 8 heteroatoms. The lowest BCUT2D eigenvalue weighted by Crippen LogP contribution is -2.67. The standard InChI is InChI=1S/C23H29N3O5/c1-13(27)30-11-16-9-17-19(10-24)26-18(23(16)25(17)3)8-15-6-5-7-21(29-4)22(15)20(26)12-31-14(2)28/h5-7,16-20,23H,8-9,11-12H2,1-4H3/t16-,17-,18-,19-,20-,23+/m0/s1. The van der Waals surface area contributed by atoms with Gasteiger partial charge in [-0.15, -0.1) is 0 Å². The second-order valence-electron chi connectivity index (χ2n) is 8.67. The molecular weight excluding hydrogens is 398 g/mol. The molecule has 0 radical (unpaired) electrons. The molecule has 2 fully saturated rings. The van der Waals surface area contributed by atoms with Crippen LogP contribution < -0.4 is 4.74 Å². The van der Waals surface area contributed by atoms with E-state index >= 15 is 0 Å². The quantitative estimate of drug-likeness (QED) is 0.656. The van der Waals surface area contributed by atoms with Crippen LogP contribution in [0.25, 0.3) is 0 Å². The number of rotatable bonds is 5. The van der Waals surface area contributed by atoms with Gasteiger partial charge in [-0.25, -0.2) is 0 Å². The van der Waals surface area contributed by atoms with Gasteiger partial charge in [-0.05, 0) is 31.5 Å². The Kier molecular flexibility index (Phi) is 5.91. The van der Waals surface area contributed by atoms with E-state index in [2.05, 4.69) is 29.0 Å². The molecule has 0 spiro atoms. The van der Waals surface area contributed by atoms with Gasteiger partial charge in [0, 0.05) is 43.5 Å². The third-order valence-corrected chi connectivity index (χ3v) is 7.06. The largest absolute Gasteiger partial charge is 0.496 e. The van der Waals surface area contributed by atoms with Crippen LogP contribution in [0.4, 0.5) is 0 Å². The van der Waals surface area contributed by atoms with Crippen LogP contribution in [-0.4, -0.2) is 73.3 Å². The predicted molar refractivity (Wildman–Crippen MR) is 111 cm³/mol. The van der Waals surface area contributed by atoms with Gasteiger partial charge in [0.25, 0.3) is 0 Å². The highest BCUT2D eigenvalue weighted by Crippen LogP contribution is 2.49. The molecule has 0 aliphatic carbocycles. The van der Waals surface area contributed by atoms with E-state index in [0.717, 1.165) is 29.7 Å². The fraction of sp³-hybridized carbons (Fsp3) is 0.609. The molecule has 0 aromatic heterocycles. The Bertz CT molecular complexity index is 913. The number of hydrogen-bond acceptors (Lipinski definition) is 8. The van der Waals surface area contributed by atoms with Gasteiger partial charge < -0.3 is 14.2 Å². The highest BCUT2D eigenvalue weighted by Gasteiger charge is 2.58. The summed E-state index contributed by atoms with van der Waals surface area (Å²) in [5, 5.41) is 10.2. The number of carbonyl (C=O) groups excluding carboxylic acids is 2. The van der Waals surface area contributed by atoms with Crippen molar-refractivity contribution in [1.82, 2.24) is 9.80 Å². The minimum absolute atomic E-state index is 0.0166. The molecule has 3 aliphatic rings. The van der Waals surface area contributed by atoms with E-state index in [1.54, 1.807) is 7.11 Å². The average molecular weight is 428 g/mol. The average Bonchev–Trinajstić information content (AvgIpc) is 2.98. The summed E-state index contributed by atoms with van der Waals surface area (Å²) in [6, 6.07) is 8.04. The van der Waals surface area contributed by atoms with Crippen LogP contribution in [0, 0.1) is 17.2 Å². The summed E-state index contributed by atoms with van der Waals surface area (Å²) in [6.07, 6.45) is 1.53. The second-order valence-corrected chi connectivity index (χ2v) is 8.67. The topological polar surface area (TPSA) is 92.1 Å². The second kappa shape index (κ2) is 8.48. The number of piperazine rings is 1. The van der Waals surface area contributed by atoms with Gasteiger partial charge in [-0.2, -0.15) is 5.26 Å². The molecule has 1 aromatic carbocycles. The van der Waals surface area contributed by atoms with E-state index in [-0.39, 0.29) is 54.7 Å². The summed E-state index contributed by atoms with van der Waals surface area (Å²) in [5.41, 5.74) is 2.13. The molecule has 0 saturated carbocycles. The first-order chi connectivity index (χ1) is 14.9. The van der Waals surface area contributed by atoms with Gasteiger partial charge in [0.05, 0.1) is 25.8 Å². The number of methoxy groups -OCH3 is 1. The zero-order valence-electron chi connectivity index (χ0n) is 18.4. The van der Waals surface area contributed by atoms with Crippen molar-refractivity contribution in [1.29, 1.82) is 5.26 Å². The number of benzene rings is 1. The van der Waals surface area contributed by atoms with E-state index in [9.17, 15) is 14.9 Å². The highest BCUT2D eigenvalue weighted by atomic mass is 16.5. The summed E-state index contributed by atoms with van der Waals surface area (Å²) in [5.74, 6) is 0.250. The lowest BCUT2D eigenvalue weighted by molar-refractivity contribution is -0.145. The lowest BCUT2D eigenvalue weighted by Gasteiger charge is -2.54. The summed E-state index contributed by atoms with van der Waals surface area (Å²) in [6.45, 7) is 3.33. The molecule has 0 N–H and O–H groups in total. The van der Waals surface area contributed by atoms with Crippen molar-refractivity contribution in [2.45, 2.75) is 56.9 Å². The molecule has 0 unspecified atom stereocenters. The normalized spacial score (nSPS) is 31.8. The maximum Gasteiger partial charge on any atom is 0.302 e. The van der Waals surface area contributed by atoms with Gasteiger partial charge >= 0.3 is 11.9 Å². The Morgan fingerprint density at radius 2 is 1.87 bits per heavy atom. The van der Waals surface area contributed by atoms with Crippen LogP contribution in [0.15, 0.2) is 18.2 Å². The maximum absolute atomic E-state index is 11.7. The van der Waals surface area contributed by atoms with Crippen molar-refractivity contribution in [2.24, 2.45) is 5.92 Å². The Balaban J connectivity index is 1.78. The molecule has 31 heavy (non-hydrogen) atoms.